The third-order valence-electron chi connectivity index (χ3n) is 4.91. The number of nitrogens with two attached hydrogens (primary N) is 3. The molecule has 4 unspecified atom stereocenters. The number of nitrogens with one attached hydrogen (secondary N) is 3. The Morgan fingerprint density at radius 1 is 0.882 bits per heavy atom. The topological polar surface area (TPSA) is 220 Å². The van der Waals surface area contributed by atoms with Crippen LogP contribution < -0.4 is 33.2 Å². The first-order valence-electron chi connectivity index (χ1n) is 11.3. The summed E-state index contributed by atoms with van der Waals surface area (Å²) in [5, 5.41) is 16.8. The lowest BCUT2D eigenvalue weighted by Crippen LogP contribution is -2.57. The van der Waals surface area contributed by atoms with Crippen LogP contribution in [-0.4, -0.2) is 77.4 Å². The molecule has 0 aromatic carbocycles. The van der Waals surface area contributed by atoms with E-state index < -0.39 is 60.2 Å². The summed E-state index contributed by atoms with van der Waals surface area (Å²) in [5.41, 5.74) is 16.5. The monoisotopic (exact) mass is 504 g/mol. The number of carbonyl (C=O) groups is 5. The average molecular weight is 505 g/mol. The fourth-order valence-electron chi connectivity index (χ4n) is 3.10. The van der Waals surface area contributed by atoms with Crippen LogP contribution in [0.2, 0.25) is 0 Å². The number of unbranched alkanes of at least 4 members (excludes halogenated alkanes) is 1. The molecule has 13 heteroatoms. The molecule has 0 aliphatic carbocycles. The van der Waals surface area contributed by atoms with E-state index in [2.05, 4.69) is 16.0 Å². The predicted octanol–water partition coefficient (Wildman–Crippen LogP) is -1.34. The number of amides is 4. The summed E-state index contributed by atoms with van der Waals surface area (Å²) in [5.74, 6) is -3.48. The first kappa shape index (κ1) is 31.6. The van der Waals surface area contributed by atoms with Crippen molar-refractivity contribution in [2.24, 2.45) is 23.1 Å². The first-order valence-corrected chi connectivity index (χ1v) is 12.7. The fraction of sp³-hybridized carbons (Fsp3) is 0.762. The van der Waals surface area contributed by atoms with Gasteiger partial charge in [-0.1, -0.05) is 13.8 Å². The van der Waals surface area contributed by atoms with Gasteiger partial charge in [0, 0.05) is 0 Å². The third kappa shape index (κ3) is 13.4. The number of rotatable bonds is 18. The number of hydrogen-bond acceptors (Lipinski definition) is 8. The van der Waals surface area contributed by atoms with E-state index in [1.807, 2.05) is 20.1 Å². The zero-order chi connectivity index (χ0) is 26.3. The molecule has 0 saturated heterocycles. The van der Waals surface area contributed by atoms with Crippen molar-refractivity contribution in [2.75, 3.05) is 18.6 Å². The highest BCUT2D eigenvalue weighted by molar-refractivity contribution is 7.98. The van der Waals surface area contributed by atoms with E-state index in [0.29, 0.717) is 31.6 Å². The van der Waals surface area contributed by atoms with E-state index in [4.69, 9.17) is 17.2 Å². The van der Waals surface area contributed by atoms with Crippen LogP contribution in [0.3, 0.4) is 0 Å². The maximum absolute atomic E-state index is 12.9. The molecule has 0 rings (SSSR count). The summed E-state index contributed by atoms with van der Waals surface area (Å²) < 4.78 is 0. The molecule has 0 spiro atoms. The van der Waals surface area contributed by atoms with Gasteiger partial charge < -0.3 is 38.3 Å². The molecule has 12 nitrogen and oxygen atoms in total. The van der Waals surface area contributed by atoms with E-state index in [1.54, 1.807) is 0 Å². The molecule has 10 N–H and O–H groups in total. The van der Waals surface area contributed by atoms with Crippen molar-refractivity contribution in [2.45, 2.75) is 76.5 Å². The summed E-state index contributed by atoms with van der Waals surface area (Å²) in [6.45, 7) is 4.17. The summed E-state index contributed by atoms with van der Waals surface area (Å²) in [6, 6.07) is -4.42. The largest absolute Gasteiger partial charge is 0.480 e. The molecule has 0 aromatic heterocycles. The van der Waals surface area contributed by atoms with Gasteiger partial charge in [-0.3, -0.25) is 19.2 Å². The van der Waals surface area contributed by atoms with Gasteiger partial charge in [0.25, 0.3) is 0 Å². The standard InChI is InChI=1S/C21H40N6O6S/c1-12(2)10-13(23)18(29)27-16(11-17(24)28)20(31)25-14(7-9-34-3)19(30)26-15(21(32)33)6-4-5-8-22/h12-16H,4-11,22-23H2,1-3H3,(H2,24,28)(H,25,31)(H,26,30)(H,27,29)(H,32,33). The summed E-state index contributed by atoms with van der Waals surface area (Å²) in [7, 11) is 0. The molecule has 4 amide bonds. The van der Waals surface area contributed by atoms with Crippen LogP contribution >= 0.6 is 11.8 Å². The molecule has 34 heavy (non-hydrogen) atoms. The van der Waals surface area contributed by atoms with E-state index >= 15 is 0 Å². The Hall–Kier alpha value is -2.38. The molecule has 0 saturated carbocycles. The molecular formula is C21H40N6O6S. The van der Waals surface area contributed by atoms with Gasteiger partial charge in [0.1, 0.15) is 18.1 Å². The number of carbonyl (C=O) groups excluding carboxylic acids is 4. The van der Waals surface area contributed by atoms with Gasteiger partial charge in [-0.25, -0.2) is 4.79 Å². The highest BCUT2D eigenvalue weighted by atomic mass is 32.2. The van der Waals surface area contributed by atoms with Crippen molar-refractivity contribution in [1.29, 1.82) is 0 Å². The van der Waals surface area contributed by atoms with Gasteiger partial charge in [0.15, 0.2) is 0 Å². The normalized spacial score (nSPS) is 14.5. The maximum Gasteiger partial charge on any atom is 0.326 e. The minimum atomic E-state index is -1.33. The Kier molecular flexibility index (Phi) is 15.9. The van der Waals surface area contributed by atoms with Crippen molar-refractivity contribution in [3.63, 3.8) is 0 Å². The highest BCUT2D eigenvalue weighted by Gasteiger charge is 2.31. The lowest BCUT2D eigenvalue weighted by Gasteiger charge is -2.25. The van der Waals surface area contributed by atoms with Crippen LogP contribution in [0.1, 0.15) is 52.4 Å². The molecule has 0 aliphatic rings. The van der Waals surface area contributed by atoms with Gasteiger partial charge in [-0.2, -0.15) is 11.8 Å². The molecule has 0 aromatic rings. The Bertz CT molecular complexity index is 693. The van der Waals surface area contributed by atoms with Crippen LogP contribution in [0.15, 0.2) is 0 Å². The van der Waals surface area contributed by atoms with Crippen LogP contribution in [0, 0.1) is 5.92 Å². The van der Waals surface area contributed by atoms with Crippen LogP contribution in [0.25, 0.3) is 0 Å². The molecule has 0 radical (unpaired) electrons. The summed E-state index contributed by atoms with van der Waals surface area (Å²) >= 11 is 1.43. The second kappa shape index (κ2) is 17.1. The zero-order valence-corrected chi connectivity index (χ0v) is 21.0. The molecule has 0 aliphatic heterocycles. The van der Waals surface area contributed by atoms with E-state index in [9.17, 15) is 29.1 Å². The van der Waals surface area contributed by atoms with Gasteiger partial charge in [0.05, 0.1) is 12.5 Å². The quantitative estimate of drug-likeness (QED) is 0.110. The van der Waals surface area contributed by atoms with E-state index in [1.165, 1.54) is 11.8 Å². The summed E-state index contributed by atoms with van der Waals surface area (Å²) in [6.07, 6.45) is 3.22. The van der Waals surface area contributed by atoms with Crippen LogP contribution in [0.5, 0.6) is 0 Å². The Morgan fingerprint density at radius 2 is 1.44 bits per heavy atom. The Labute approximate surface area is 204 Å². The number of carboxylic acids is 1. The van der Waals surface area contributed by atoms with Crippen LogP contribution in [0.4, 0.5) is 0 Å². The number of carboxylic acid groups (broad SMARTS) is 1. The third-order valence-corrected chi connectivity index (χ3v) is 5.55. The van der Waals surface area contributed by atoms with Gasteiger partial charge in [-0.05, 0) is 56.6 Å². The molecule has 0 fully saturated rings. The lowest BCUT2D eigenvalue weighted by molar-refractivity contribution is -0.142. The molecule has 4 atom stereocenters. The van der Waals surface area contributed by atoms with Crippen molar-refractivity contribution in [1.82, 2.24) is 16.0 Å². The fourth-order valence-corrected chi connectivity index (χ4v) is 3.57. The minimum Gasteiger partial charge on any atom is -0.480 e. The zero-order valence-electron chi connectivity index (χ0n) is 20.2. The maximum atomic E-state index is 12.9. The first-order chi connectivity index (χ1) is 15.9. The molecule has 196 valence electrons. The lowest BCUT2D eigenvalue weighted by atomic mass is 10.0. The predicted molar refractivity (Wildman–Crippen MR) is 131 cm³/mol. The van der Waals surface area contributed by atoms with Crippen molar-refractivity contribution >= 4 is 41.4 Å². The van der Waals surface area contributed by atoms with Crippen molar-refractivity contribution < 1.29 is 29.1 Å². The number of thioether (sulfide) groups is 1. The Morgan fingerprint density at radius 3 is 1.94 bits per heavy atom. The van der Waals surface area contributed by atoms with E-state index in [0.717, 1.165) is 0 Å². The Balaban J connectivity index is 5.42. The smallest absolute Gasteiger partial charge is 0.326 e. The number of hydrogen-bond donors (Lipinski definition) is 7. The second-order valence-corrected chi connectivity index (χ2v) is 9.48. The SMILES string of the molecule is CSCCC(NC(=O)C(CC(N)=O)NC(=O)C(N)CC(C)C)C(=O)NC(CCCCN)C(=O)O. The van der Waals surface area contributed by atoms with E-state index in [-0.39, 0.29) is 18.8 Å². The molecule has 0 bridgehead atoms. The number of aliphatic carboxylic acids is 1. The molecule has 0 heterocycles. The van der Waals surface area contributed by atoms with Gasteiger partial charge in [-0.15, -0.1) is 0 Å². The summed E-state index contributed by atoms with van der Waals surface area (Å²) in [4.78, 5) is 61.1. The van der Waals surface area contributed by atoms with Gasteiger partial charge >= 0.3 is 5.97 Å². The molecular weight excluding hydrogens is 464 g/mol. The van der Waals surface area contributed by atoms with Crippen molar-refractivity contribution in [3.8, 4) is 0 Å². The van der Waals surface area contributed by atoms with Crippen LogP contribution in [-0.2, 0) is 24.0 Å². The van der Waals surface area contributed by atoms with Crippen molar-refractivity contribution in [3.05, 3.63) is 0 Å². The number of primary amides is 1. The average Bonchev–Trinajstić information content (AvgIpc) is 2.74. The van der Waals surface area contributed by atoms with Gasteiger partial charge in [0.2, 0.25) is 23.6 Å². The second-order valence-electron chi connectivity index (χ2n) is 8.49. The minimum absolute atomic E-state index is 0.135. The highest BCUT2D eigenvalue weighted by Crippen LogP contribution is 2.07.